The molecule has 1 heterocycles. The number of benzene rings is 1. The Balaban J connectivity index is 2.91. The molecule has 0 spiro atoms. The Labute approximate surface area is 70.4 Å². The molecule has 0 unspecified atom stereocenters. The number of aromatic hydroxyl groups is 1. The number of hydrogen-bond donors (Lipinski definition) is 1. The van der Waals surface area contributed by atoms with Crippen LogP contribution in [0.15, 0.2) is 37.0 Å². The van der Waals surface area contributed by atoms with Crippen LogP contribution < -0.4 is 0 Å². The van der Waals surface area contributed by atoms with Gasteiger partial charge in [-0.25, -0.2) is 0 Å². The highest BCUT2D eigenvalue weighted by Gasteiger charge is 2.02. The van der Waals surface area contributed by atoms with Crippen LogP contribution in [0, 0.1) is 0 Å². The molecular formula is C10H9NO. The summed E-state index contributed by atoms with van der Waals surface area (Å²) in [5, 5.41) is 10.3. The van der Waals surface area contributed by atoms with Crippen LogP contribution in [-0.2, 0) is 0 Å². The van der Waals surface area contributed by atoms with Crippen LogP contribution in [0.1, 0.15) is 0 Å². The lowest BCUT2D eigenvalue weighted by molar-refractivity contribution is 0.481. The largest absolute Gasteiger partial charge is 0.506 e. The molecular weight excluding hydrogens is 150 g/mol. The molecule has 0 radical (unpaired) electrons. The van der Waals surface area contributed by atoms with Crippen molar-refractivity contribution in [2.75, 3.05) is 0 Å². The highest BCUT2D eigenvalue weighted by Crippen LogP contribution is 2.26. The maximum Gasteiger partial charge on any atom is 0.141 e. The second-order valence-corrected chi connectivity index (χ2v) is 2.62. The molecule has 60 valence electrons. The minimum absolute atomic E-state index is 0.297. The molecule has 2 aromatic rings. The lowest BCUT2D eigenvalue weighted by Gasteiger charge is -1.93. The van der Waals surface area contributed by atoms with Gasteiger partial charge in [0.25, 0.3) is 0 Å². The first kappa shape index (κ1) is 6.98. The van der Waals surface area contributed by atoms with Crippen LogP contribution in [0.5, 0.6) is 5.75 Å². The molecule has 1 aromatic carbocycles. The normalized spacial score (nSPS) is 10.3. The summed E-state index contributed by atoms with van der Waals surface area (Å²) >= 11 is 0. The summed E-state index contributed by atoms with van der Waals surface area (Å²) in [7, 11) is 0. The summed E-state index contributed by atoms with van der Waals surface area (Å²) in [4.78, 5) is 0. The van der Waals surface area contributed by atoms with E-state index >= 15 is 0 Å². The monoisotopic (exact) mass is 159 g/mol. The van der Waals surface area contributed by atoms with Gasteiger partial charge in [0, 0.05) is 11.6 Å². The van der Waals surface area contributed by atoms with Crippen molar-refractivity contribution in [1.29, 1.82) is 0 Å². The second kappa shape index (κ2) is 2.41. The summed E-state index contributed by atoms with van der Waals surface area (Å²) in [6.45, 7) is 3.65. The minimum atomic E-state index is 0.297. The SMILES string of the molecule is C=Cn1cc(O)c2ccccc21. The number of aromatic nitrogens is 1. The standard InChI is InChI=1S/C10H9NO/c1-2-11-7-10(12)8-5-3-4-6-9(8)11/h2-7,12H,1H2. The third kappa shape index (κ3) is 0.815. The molecule has 2 nitrogen and oxygen atoms in total. The predicted molar refractivity (Wildman–Crippen MR) is 50.0 cm³/mol. The van der Waals surface area contributed by atoms with E-state index in [1.165, 1.54) is 0 Å². The number of rotatable bonds is 1. The third-order valence-electron chi connectivity index (χ3n) is 1.92. The van der Waals surface area contributed by atoms with Gasteiger partial charge in [-0.2, -0.15) is 0 Å². The Hall–Kier alpha value is -1.70. The summed E-state index contributed by atoms with van der Waals surface area (Å²) in [6, 6.07) is 7.65. The van der Waals surface area contributed by atoms with E-state index in [4.69, 9.17) is 0 Å². The smallest absolute Gasteiger partial charge is 0.141 e. The van der Waals surface area contributed by atoms with Gasteiger partial charge in [-0.05, 0) is 12.1 Å². The van der Waals surface area contributed by atoms with Gasteiger partial charge in [0.2, 0.25) is 0 Å². The summed E-state index contributed by atoms with van der Waals surface area (Å²) in [5.41, 5.74) is 0.977. The van der Waals surface area contributed by atoms with E-state index < -0.39 is 0 Å². The Morgan fingerprint density at radius 2 is 2.08 bits per heavy atom. The average molecular weight is 159 g/mol. The van der Waals surface area contributed by atoms with Crippen LogP contribution in [0.3, 0.4) is 0 Å². The summed E-state index contributed by atoms with van der Waals surface area (Å²) in [5.74, 6) is 0.297. The minimum Gasteiger partial charge on any atom is -0.506 e. The Kier molecular flexibility index (Phi) is 1.40. The number of para-hydroxylation sites is 1. The molecule has 0 amide bonds. The molecule has 0 aliphatic heterocycles. The zero-order chi connectivity index (χ0) is 8.55. The number of hydrogen-bond acceptors (Lipinski definition) is 1. The van der Waals surface area contributed by atoms with E-state index in [0.717, 1.165) is 10.9 Å². The quantitative estimate of drug-likeness (QED) is 0.679. The fraction of sp³-hybridized carbons (Fsp3) is 0. The van der Waals surface area contributed by atoms with Gasteiger partial charge in [0.1, 0.15) is 5.75 Å². The highest BCUT2D eigenvalue weighted by atomic mass is 16.3. The van der Waals surface area contributed by atoms with E-state index in [1.807, 2.05) is 24.3 Å². The molecule has 0 fully saturated rings. The van der Waals surface area contributed by atoms with E-state index in [1.54, 1.807) is 17.0 Å². The molecule has 0 aliphatic carbocycles. The van der Waals surface area contributed by atoms with Gasteiger partial charge >= 0.3 is 0 Å². The number of fused-ring (bicyclic) bond motifs is 1. The first-order valence-corrected chi connectivity index (χ1v) is 3.74. The van der Waals surface area contributed by atoms with Gasteiger partial charge in [-0.3, -0.25) is 0 Å². The van der Waals surface area contributed by atoms with Gasteiger partial charge < -0.3 is 9.67 Å². The first-order valence-electron chi connectivity index (χ1n) is 3.74. The fourth-order valence-corrected chi connectivity index (χ4v) is 1.34. The topological polar surface area (TPSA) is 25.2 Å². The van der Waals surface area contributed by atoms with Gasteiger partial charge in [-0.1, -0.05) is 18.7 Å². The molecule has 0 atom stereocenters. The first-order chi connectivity index (χ1) is 5.83. The van der Waals surface area contributed by atoms with Crippen LogP contribution in [0.4, 0.5) is 0 Å². The van der Waals surface area contributed by atoms with Crippen molar-refractivity contribution in [3.63, 3.8) is 0 Å². The number of nitrogens with zero attached hydrogens (tertiary/aromatic N) is 1. The van der Waals surface area contributed by atoms with Crippen molar-refractivity contribution in [3.8, 4) is 5.75 Å². The maximum absolute atomic E-state index is 9.45. The third-order valence-corrected chi connectivity index (χ3v) is 1.92. The van der Waals surface area contributed by atoms with Gasteiger partial charge in [0.05, 0.1) is 11.7 Å². The molecule has 2 rings (SSSR count). The average Bonchev–Trinajstić information content (AvgIpc) is 2.44. The van der Waals surface area contributed by atoms with Crippen molar-refractivity contribution in [1.82, 2.24) is 4.57 Å². The Bertz CT molecular complexity index is 428. The molecule has 0 saturated carbocycles. The molecule has 0 saturated heterocycles. The van der Waals surface area contributed by atoms with Crippen LogP contribution >= 0.6 is 0 Å². The Morgan fingerprint density at radius 3 is 2.83 bits per heavy atom. The lowest BCUT2D eigenvalue weighted by atomic mass is 10.2. The van der Waals surface area contributed by atoms with Crippen LogP contribution in [0.2, 0.25) is 0 Å². The summed E-state index contributed by atoms with van der Waals surface area (Å²) < 4.78 is 1.80. The van der Waals surface area contributed by atoms with E-state index in [9.17, 15) is 5.11 Å². The Morgan fingerprint density at radius 1 is 1.33 bits per heavy atom. The zero-order valence-corrected chi connectivity index (χ0v) is 6.57. The van der Waals surface area contributed by atoms with E-state index in [0.29, 0.717) is 5.75 Å². The van der Waals surface area contributed by atoms with E-state index in [2.05, 4.69) is 6.58 Å². The van der Waals surface area contributed by atoms with Crippen molar-refractivity contribution in [2.45, 2.75) is 0 Å². The van der Waals surface area contributed by atoms with Gasteiger partial charge in [-0.15, -0.1) is 0 Å². The second-order valence-electron chi connectivity index (χ2n) is 2.62. The zero-order valence-electron chi connectivity index (χ0n) is 6.57. The van der Waals surface area contributed by atoms with Crippen molar-refractivity contribution >= 4 is 17.1 Å². The van der Waals surface area contributed by atoms with Crippen molar-refractivity contribution in [2.24, 2.45) is 0 Å². The fourth-order valence-electron chi connectivity index (χ4n) is 1.34. The molecule has 2 heteroatoms. The van der Waals surface area contributed by atoms with Crippen molar-refractivity contribution in [3.05, 3.63) is 37.0 Å². The predicted octanol–water partition coefficient (Wildman–Crippen LogP) is 2.45. The molecule has 0 aliphatic rings. The summed E-state index contributed by atoms with van der Waals surface area (Å²) in [6.07, 6.45) is 3.32. The van der Waals surface area contributed by atoms with Crippen LogP contribution in [-0.4, -0.2) is 9.67 Å². The van der Waals surface area contributed by atoms with Crippen molar-refractivity contribution < 1.29 is 5.11 Å². The highest BCUT2D eigenvalue weighted by molar-refractivity contribution is 5.87. The molecule has 1 N–H and O–H groups in total. The van der Waals surface area contributed by atoms with E-state index in [-0.39, 0.29) is 0 Å². The van der Waals surface area contributed by atoms with Gasteiger partial charge in [0.15, 0.2) is 0 Å². The molecule has 1 aromatic heterocycles. The lowest BCUT2D eigenvalue weighted by Crippen LogP contribution is -1.79. The van der Waals surface area contributed by atoms with Crippen LogP contribution in [0.25, 0.3) is 17.1 Å². The molecule has 12 heavy (non-hydrogen) atoms. The maximum atomic E-state index is 9.45. The molecule has 0 bridgehead atoms.